The number of anilines is 4. The van der Waals surface area contributed by atoms with E-state index in [1.807, 2.05) is 21.0 Å². The molecule has 1 amide bonds. The highest BCUT2D eigenvalue weighted by Crippen LogP contribution is 2.31. The average Bonchev–Trinajstić information content (AvgIpc) is 3.17. The number of benzene rings is 2. The zero-order chi connectivity index (χ0) is 27.4. The fraction of sp³-hybridized carbons (Fsp3) is 0.308. The van der Waals surface area contributed by atoms with Crippen molar-refractivity contribution in [3.8, 4) is 0 Å². The standard InChI is InChI=1S/C26H29F3N8O/c1-16-9-10-19(32-24(38)17-7-5-8-18(13-17)26(27,28)29)14-21(16)33-22-20-15-31-25(30-11-6-12-36(2)3)34-23(20)37(4)35-22/h5,7-10,13-15H,6,11-12H2,1-4H3,(H,32,38)(H,33,35)(H,30,31,34). The van der Waals surface area contributed by atoms with Crippen LogP contribution in [0.3, 0.4) is 0 Å². The van der Waals surface area contributed by atoms with Crippen molar-refractivity contribution >= 4 is 40.1 Å². The van der Waals surface area contributed by atoms with Crippen LogP contribution in [0.15, 0.2) is 48.7 Å². The van der Waals surface area contributed by atoms with Crippen molar-refractivity contribution in [2.24, 2.45) is 7.05 Å². The van der Waals surface area contributed by atoms with Crippen LogP contribution in [0.4, 0.5) is 36.3 Å². The molecule has 12 heteroatoms. The summed E-state index contributed by atoms with van der Waals surface area (Å²) in [5.41, 5.74) is 1.63. The molecule has 0 unspecified atom stereocenters. The van der Waals surface area contributed by atoms with Gasteiger partial charge in [0.2, 0.25) is 5.95 Å². The first-order chi connectivity index (χ1) is 18.0. The van der Waals surface area contributed by atoms with Crippen LogP contribution in [-0.2, 0) is 13.2 Å². The predicted molar refractivity (Wildman–Crippen MR) is 142 cm³/mol. The van der Waals surface area contributed by atoms with E-state index in [1.165, 1.54) is 12.1 Å². The van der Waals surface area contributed by atoms with Gasteiger partial charge in [-0.25, -0.2) is 9.67 Å². The number of aryl methyl sites for hydroxylation is 2. The van der Waals surface area contributed by atoms with Gasteiger partial charge in [0.1, 0.15) is 0 Å². The van der Waals surface area contributed by atoms with Crippen LogP contribution >= 0.6 is 0 Å². The quantitative estimate of drug-likeness (QED) is 0.263. The molecule has 0 atom stereocenters. The highest BCUT2D eigenvalue weighted by atomic mass is 19.4. The third-order valence-corrected chi connectivity index (χ3v) is 5.85. The summed E-state index contributed by atoms with van der Waals surface area (Å²) in [6.07, 6.45) is -1.89. The molecule has 9 nitrogen and oxygen atoms in total. The maximum absolute atomic E-state index is 13.0. The van der Waals surface area contributed by atoms with Gasteiger partial charge >= 0.3 is 6.18 Å². The summed E-state index contributed by atoms with van der Waals surface area (Å²) in [5.74, 6) is 0.403. The van der Waals surface area contributed by atoms with Crippen molar-refractivity contribution in [2.45, 2.75) is 19.5 Å². The molecule has 4 rings (SSSR count). The first-order valence-electron chi connectivity index (χ1n) is 12.0. The Kier molecular flexibility index (Phi) is 7.81. The molecule has 0 aliphatic heterocycles. The highest BCUT2D eigenvalue weighted by molar-refractivity contribution is 6.04. The molecule has 200 valence electrons. The Morgan fingerprint density at radius 2 is 1.92 bits per heavy atom. The van der Waals surface area contributed by atoms with Gasteiger partial charge in [0.05, 0.1) is 10.9 Å². The van der Waals surface area contributed by atoms with E-state index in [1.54, 1.807) is 36.1 Å². The van der Waals surface area contributed by atoms with Gasteiger partial charge in [0, 0.05) is 36.7 Å². The number of nitrogens with one attached hydrogen (secondary N) is 3. The molecule has 2 aromatic heterocycles. The summed E-state index contributed by atoms with van der Waals surface area (Å²) in [5, 5.41) is 14.4. The fourth-order valence-electron chi connectivity index (χ4n) is 3.81. The van der Waals surface area contributed by atoms with E-state index in [2.05, 4.69) is 35.9 Å². The van der Waals surface area contributed by atoms with Gasteiger partial charge in [-0.1, -0.05) is 12.1 Å². The minimum atomic E-state index is -4.53. The number of carbonyl (C=O) groups is 1. The Morgan fingerprint density at radius 3 is 2.66 bits per heavy atom. The Labute approximate surface area is 218 Å². The Bertz CT molecular complexity index is 1450. The van der Waals surface area contributed by atoms with Gasteiger partial charge < -0.3 is 20.9 Å². The monoisotopic (exact) mass is 526 g/mol. The number of amides is 1. The van der Waals surface area contributed by atoms with Gasteiger partial charge in [0.25, 0.3) is 5.91 Å². The zero-order valence-electron chi connectivity index (χ0n) is 21.5. The van der Waals surface area contributed by atoms with Crippen LogP contribution in [-0.4, -0.2) is 57.7 Å². The number of rotatable bonds is 9. The van der Waals surface area contributed by atoms with Crippen molar-refractivity contribution in [2.75, 3.05) is 43.1 Å². The van der Waals surface area contributed by atoms with E-state index in [9.17, 15) is 18.0 Å². The van der Waals surface area contributed by atoms with Crippen molar-refractivity contribution in [1.82, 2.24) is 24.6 Å². The molecule has 38 heavy (non-hydrogen) atoms. The maximum atomic E-state index is 13.0. The first-order valence-corrected chi connectivity index (χ1v) is 12.0. The summed E-state index contributed by atoms with van der Waals surface area (Å²) < 4.78 is 40.7. The van der Waals surface area contributed by atoms with Gasteiger partial charge in [-0.15, -0.1) is 0 Å². The second-order valence-corrected chi connectivity index (χ2v) is 9.17. The summed E-state index contributed by atoms with van der Waals surface area (Å²) in [6.45, 7) is 3.58. The van der Waals surface area contributed by atoms with Gasteiger partial charge in [0.15, 0.2) is 11.5 Å². The van der Waals surface area contributed by atoms with Crippen LogP contribution in [0.25, 0.3) is 11.0 Å². The summed E-state index contributed by atoms with van der Waals surface area (Å²) >= 11 is 0. The molecule has 0 saturated heterocycles. The molecule has 2 heterocycles. The number of fused-ring (bicyclic) bond motifs is 1. The fourth-order valence-corrected chi connectivity index (χ4v) is 3.81. The smallest absolute Gasteiger partial charge is 0.354 e. The normalized spacial score (nSPS) is 11.7. The molecule has 0 bridgehead atoms. The van der Waals surface area contributed by atoms with E-state index in [0.717, 1.165) is 37.2 Å². The molecule has 0 fully saturated rings. The summed E-state index contributed by atoms with van der Waals surface area (Å²) in [4.78, 5) is 23.7. The minimum absolute atomic E-state index is 0.0890. The first kappa shape index (κ1) is 26.9. The Morgan fingerprint density at radius 1 is 1.13 bits per heavy atom. The lowest BCUT2D eigenvalue weighted by Gasteiger charge is -2.12. The van der Waals surface area contributed by atoms with Gasteiger partial charge in [-0.2, -0.15) is 23.3 Å². The van der Waals surface area contributed by atoms with Crippen molar-refractivity contribution in [1.29, 1.82) is 0 Å². The minimum Gasteiger partial charge on any atom is -0.354 e. The number of hydrogen-bond acceptors (Lipinski definition) is 7. The number of nitrogens with zero attached hydrogens (tertiary/aromatic N) is 5. The second-order valence-electron chi connectivity index (χ2n) is 9.17. The lowest BCUT2D eigenvalue weighted by molar-refractivity contribution is -0.137. The van der Waals surface area contributed by atoms with Crippen LogP contribution < -0.4 is 16.0 Å². The van der Waals surface area contributed by atoms with Crippen molar-refractivity contribution in [3.05, 3.63) is 65.4 Å². The van der Waals surface area contributed by atoms with Gasteiger partial charge in [-0.05, 0) is 69.9 Å². The van der Waals surface area contributed by atoms with Crippen molar-refractivity contribution in [3.63, 3.8) is 0 Å². The lowest BCUT2D eigenvalue weighted by atomic mass is 10.1. The largest absolute Gasteiger partial charge is 0.416 e. The van der Waals surface area contributed by atoms with Crippen LogP contribution in [0.2, 0.25) is 0 Å². The van der Waals surface area contributed by atoms with Crippen LogP contribution in [0, 0.1) is 6.92 Å². The summed E-state index contributed by atoms with van der Waals surface area (Å²) in [7, 11) is 5.83. The Hall–Kier alpha value is -4.19. The number of hydrogen-bond donors (Lipinski definition) is 3. The van der Waals surface area contributed by atoms with Crippen molar-refractivity contribution < 1.29 is 18.0 Å². The molecular formula is C26H29F3N8O. The number of halogens is 3. The molecular weight excluding hydrogens is 497 g/mol. The molecule has 4 aromatic rings. The van der Waals surface area contributed by atoms with E-state index >= 15 is 0 Å². The second kappa shape index (κ2) is 11.1. The maximum Gasteiger partial charge on any atom is 0.416 e. The number of carbonyl (C=O) groups excluding carboxylic acids is 1. The summed E-state index contributed by atoms with van der Waals surface area (Å²) in [6, 6.07) is 9.47. The molecule has 3 N–H and O–H groups in total. The third-order valence-electron chi connectivity index (χ3n) is 5.85. The topological polar surface area (TPSA) is 100 Å². The SMILES string of the molecule is Cc1ccc(NC(=O)c2cccc(C(F)(F)F)c2)cc1Nc1nn(C)c2nc(NCCCN(C)C)ncc12. The molecule has 0 radical (unpaired) electrons. The zero-order valence-corrected chi connectivity index (χ0v) is 21.5. The number of aromatic nitrogens is 4. The predicted octanol–water partition coefficient (Wildman–Crippen LogP) is 5.05. The van der Waals surface area contributed by atoms with Crippen LogP contribution in [0.5, 0.6) is 0 Å². The molecule has 2 aromatic carbocycles. The molecule has 0 aliphatic rings. The van der Waals surface area contributed by atoms with E-state index in [4.69, 9.17) is 0 Å². The van der Waals surface area contributed by atoms with E-state index < -0.39 is 17.6 Å². The highest BCUT2D eigenvalue weighted by Gasteiger charge is 2.30. The van der Waals surface area contributed by atoms with Gasteiger partial charge in [-0.3, -0.25) is 4.79 Å². The average molecular weight is 527 g/mol. The van der Waals surface area contributed by atoms with Crippen LogP contribution in [0.1, 0.15) is 27.9 Å². The molecule has 0 saturated carbocycles. The number of alkyl halides is 3. The molecule has 0 spiro atoms. The Balaban J connectivity index is 1.50. The van der Waals surface area contributed by atoms with E-state index in [0.29, 0.717) is 34.2 Å². The van der Waals surface area contributed by atoms with E-state index in [-0.39, 0.29) is 5.56 Å². The third kappa shape index (κ3) is 6.38. The lowest BCUT2D eigenvalue weighted by Crippen LogP contribution is -2.17. The molecule has 0 aliphatic carbocycles.